The number of carboxylic acids is 1. The quantitative estimate of drug-likeness (QED) is 0.709. The number of aromatic nitrogens is 1. The first-order chi connectivity index (χ1) is 13.3. The molecular weight excluding hydrogens is 362 g/mol. The molecule has 2 aromatic rings. The largest absolute Gasteiger partial charge is 0.504 e. The summed E-state index contributed by atoms with van der Waals surface area (Å²) in [6.07, 6.45) is 2.77. The number of carbonyl (C=O) groups is 1. The lowest BCUT2D eigenvalue weighted by Crippen LogP contribution is -2.28. The van der Waals surface area contributed by atoms with Gasteiger partial charge in [-0.3, -0.25) is 4.79 Å². The van der Waals surface area contributed by atoms with Gasteiger partial charge in [0.25, 0.3) is 0 Å². The fourth-order valence-corrected chi connectivity index (χ4v) is 3.60. The maximum atomic E-state index is 12.3. The van der Waals surface area contributed by atoms with Gasteiger partial charge in [0.2, 0.25) is 0 Å². The lowest BCUT2D eigenvalue weighted by atomic mass is 9.87. The SMILES string of the molecule is COCCCOc1cc2c(cc1O)-c1cc(=O)c(C(=O)O)cn1C(C(C)C)C2. The van der Waals surface area contributed by atoms with Crippen molar-refractivity contribution in [1.82, 2.24) is 4.57 Å². The van der Waals surface area contributed by atoms with Gasteiger partial charge in [-0.1, -0.05) is 13.8 Å². The fraction of sp³-hybridized carbons (Fsp3) is 0.429. The summed E-state index contributed by atoms with van der Waals surface area (Å²) >= 11 is 0. The van der Waals surface area contributed by atoms with E-state index in [0.29, 0.717) is 43.1 Å². The number of carboxylic acid groups (broad SMARTS) is 1. The van der Waals surface area contributed by atoms with Crippen LogP contribution in [0.15, 0.2) is 29.2 Å². The van der Waals surface area contributed by atoms with E-state index in [4.69, 9.17) is 9.47 Å². The number of pyridine rings is 1. The zero-order valence-electron chi connectivity index (χ0n) is 16.3. The lowest BCUT2D eigenvalue weighted by Gasteiger charge is -2.33. The second kappa shape index (κ2) is 8.06. The third-order valence-electron chi connectivity index (χ3n) is 5.08. The summed E-state index contributed by atoms with van der Waals surface area (Å²) in [5, 5.41) is 19.7. The highest BCUT2D eigenvalue weighted by Gasteiger charge is 2.29. The van der Waals surface area contributed by atoms with E-state index in [9.17, 15) is 19.8 Å². The molecule has 0 aliphatic carbocycles. The van der Waals surface area contributed by atoms with Gasteiger partial charge in [0.15, 0.2) is 16.9 Å². The minimum atomic E-state index is -1.24. The number of phenolic OH excluding ortho intramolecular Hbond substituents is 1. The molecule has 1 atom stereocenters. The molecule has 7 heteroatoms. The summed E-state index contributed by atoms with van der Waals surface area (Å²) in [6, 6.07) is 4.73. The van der Waals surface area contributed by atoms with Crippen LogP contribution in [0.1, 0.15) is 42.2 Å². The number of aromatic carboxylic acids is 1. The van der Waals surface area contributed by atoms with Crippen LogP contribution in [0.5, 0.6) is 11.5 Å². The number of hydrogen-bond acceptors (Lipinski definition) is 5. The van der Waals surface area contributed by atoms with Crippen LogP contribution < -0.4 is 10.2 Å². The molecule has 7 nitrogen and oxygen atoms in total. The summed E-state index contributed by atoms with van der Waals surface area (Å²) < 4.78 is 12.5. The molecule has 1 aromatic carbocycles. The van der Waals surface area contributed by atoms with Gasteiger partial charge in [-0.15, -0.1) is 0 Å². The monoisotopic (exact) mass is 387 g/mol. The molecule has 2 heterocycles. The van der Waals surface area contributed by atoms with Crippen molar-refractivity contribution in [3.63, 3.8) is 0 Å². The Morgan fingerprint density at radius 1 is 1.29 bits per heavy atom. The number of rotatable bonds is 7. The molecule has 1 unspecified atom stereocenters. The predicted octanol–water partition coefficient (Wildman–Crippen LogP) is 3.09. The molecule has 150 valence electrons. The number of fused-ring (bicyclic) bond motifs is 3. The zero-order valence-corrected chi connectivity index (χ0v) is 16.3. The van der Waals surface area contributed by atoms with E-state index in [1.165, 1.54) is 12.3 Å². The maximum absolute atomic E-state index is 12.3. The van der Waals surface area contributed by atoms with Crippen molar-refractivity contribution < 1.29 is 24.5 Å². The van der Waals surface area contributed by atoms with Crippen molar-refractivity contribution in [2.24, 2.45) is 5.92 Å². The topological polar surface area (TPSA) is 98.0 Å². The number of nitrogens with zero attached hydrogens (tertiary/aromatic N) is 1. The predicted molar refractivity (Wildman–Crippen MR) is 104 cm³/mol. The Balaban J connectivity index is 2.07. The zero-order chi connectivity index (χ0) is 20.4. The molecule has 0 amide bonds. The van der Waals surface area contributed by atoms with Crippen LogP contribution in [0.4, 0.5) is 0 Å². The third-order valence-corrected chi connectivity index (χ3v) is 5.08. The first-order valence-electron chi connectivity index (χ1n) is 9.31. The fourth-order valence-electron chi connectivity index (χ4n) is 3.60. The van der Waals surface area contributed by atoms with Gasteiger partial charge in [0.1, 0.15) is 5.56 Å². The average molecular weight is 387 g/mol. The van der Waals surface area contributed by atoms with Crippen molar-refractivity contribution in [1.29, 1.82) is 0 Å². The highest BCUT2D eigenvalue weighted by atomic mass is 16.5. The van der Waals surface area contributed by atoms with E-state index in [0.717, 1.165) is 5.56 Å². The number of methoxy groups -OCH3 is 1. The van der Waals surface area contributed by atoms with Crippen LogP contribution >= 0.6 is 0 Å². The molecule has 0 bridgehead atoms. The van der Waals surface area contributed by atoms with Crippen molar-refractivity contribution in [3.8, 4) is 22.8 Å². The number of phenols is 1. The minimum absolute atomic E-state index is 0.00733. The van der Waals surface area contributed by atoms with Crippen molar-refractivity contribution in [2.75, 3.05) is 20.3 Å². The Labute approximate surface area is 163 Å². The Kier molecular flexibility index (Phi) is 5.74. The highest BCUT2D eigenvalue weighted by molar-refractivity contribution is 5.87. The van der Waals surface area contributed by atoms with Crippen molar-refractivity contribution in [2.45, 2.75) is 32.7 Å². The molecule has 0 radical (unpaired) electrons. The van der Waals surface area contributed by atoms with E-state index in [1.807, 2.05) is 10.6 Å². The summed E-state index contributed by atoms with van der Waals surface area (Å²) in [5.74, 6) is -0.636. The van der Waals surface area contributed by atoms with Crippen LogP contribution in [0.25, 0.3) is 11.3 Å². The smallest absolute Gasteiger partial charge is 0.341 e. The summed E-state index contributed by atoms with van der Waals surface area (Å²) in [7, 11) is 1.62. The number of hydrogen-bond donors (Lipinski definition) is 2. The number of aromatic hydroxyl groups is 1. The molecule has 1 aliphatic heterocycles. The standard InChI is InChI=1S/C21H25NO6/c1-12(2)16-7-13-8-20(28-6-4-5-27-3)19(24)9-14(13)17-10-18(23)15(21(25)26)11-22(16)17/h8-12,16,24H,4-7H2,1-3H3,(H,25,26). The number of benzene rings is 1. The molecule has 0 saturated carbocycles. The van der Waals surface area contributed by atoms with E-state index in [2.05, 4.69) is 13.8 Å². The molecular formula is C21H25NO6. The van der Waals surface area contributed by atoms with Crippen LogP contribution in [0, 0.1) is 5.92 Å². The molecule has 1 aliphatic rings. The number of ether oxygens (including phenoxy) is 2. The first-order valence-corrected chi connectivity index (χ1v) is 9.31. The summed E-state index contributed by atoms with van der Waals surface area (Å²) in [4.78, 5) is 23.7. The van der Waals surface area contributed by atoms with Crippen LogP contribution in [-0.4, -0.2) is 41.1 Å². The van der Waals surface area contributed by atoms with Gasteiger partial charge in [-0.05, 0) is 30.0 Å². The molecule has 1 aromatic heterocycles. The van der Waals surface area contributed by atoms with Gasteiger partial charge in [-0.2, -0.15) is 0 Å². The minimum Gasteiger partial charge on any atom is -0.504 e. The second-order valence-corrected chi connectivity index (χ2v) is 7.34. The lowest BCUT2D eigenvalue weighted by molar-refractivity contribution is 0.0694. The molecule has 3 rings (SSSR count). The van der Waals surface area contributed by atoms with E-state index in [1.54, 1.807) is 13.2 Å². The summed E-state index contributed by atoms with van der Waals surface area (Å²) in [5.41, 5.74) is 1.48. The van der Waals surface area contributed by atoms with Gasteiger partial charge < -0.3 is 24.3 Å². The van der Waals surface area contributed by atoms with Gasteiger partial charge in [-0.25, -0.2) is 4.79 Å². The molecule has 2 N–H and O–H groups in total. The normalized spacial score (nSPS) is 15.2. The Bertz CT molecular complexity index is 947. The second-order valence-electron chi connectivity index (χ2n) is 7.34. The molecule has 0 fully saturated rings. The van der Waals surface area contributed by atoms with Crippen molar-refractivity contribution in [3.05, 3.63) is 45.7 Å². The molecule has 0 spiro atoms. The van der Waals surface area contributed by atoms with E-state index in [-0.39, 0.29) is 23.3 Å². The Morgan fingerprint density at radius 2 is 2.04 bits per heavy atom. The maximum Gasteiger partial charge on any atom is 0.341 e. The van der Waals surface area contributed by atoms with Crippen LogP contribution in [0.2, 0.25) is 0 Å². The van der Waals surface area contributed by atoms with Gasteiger partial charge in [0.05, 0.1) is 12.3 Å². The van der Waals surface area contributed by atoms with E-state index >= 15 is 0 Å². The highest BCUT2D eigenvalue weighted by Crippen LogP contribution is 2.42. The third kappa shape index (κ3) is 3.75. The average Bonchev–Trinajstić information content (AvgIpc) is 2.64. The molecule has 0 saturated heterocycles. The molecule has 28 heavy (non-hydrogen) atoms. The van der Waals surface area contributed by atoms with Crippen LogP contribution in [-0.2, 0) is 11.2 Å². The van der Waals surface area contributed by atoms with Crippen LogP contribution in [0.3, 0.4) is 0 Å². The van der Waals surface area contributed by atoms with Gasteiger partial charge >= 0.3 is 5.97 Å². The Morgan fingerprint density at radius 3 is 2.68 bits per heavy atom. The van der Waals surface area contributed by atoms with E-state index < -0.39 is 11.4 Å². The first kappa shape index (κ1) is 19.9. The van der Waals surface area contributed by atoms with Crippen molar-refractivity contribution >= 4 is 5.97 Å². The van der Waals surface area contributed by atoms with Gasteiger partial charge in [0, 0.05) is 44.0 Å². The summed E-state index contributed by atoms with van der Waals surface area (Å²) in [6.45, 7) is 5.11. The Hall–Kier alpha value is -2.80.